The van der Waals surface area contributed by atoms with Crippen LogP contribution in [0.5, 0.6) is 5.06 Å². The van der Waals surface area contributed by atoms with Crippen LogP contribution >= 0.6 is 33.9 Å². The van der Waals surface area contributed by atoms with Crippen LogP contribution in [-0.2, 0) is 0 Å². The second-order valence-electron chi connectivity index (χ2n) is 2.62. The van der Waals surface area contributed by atoms with Gasteiger partial charge in [-0.2, -0.15) is 0 Å². The van der Waals surface area contributed by atoms with Crippen LogP contribution in [-0.4, -0.2) is 7.11 Å². The molecule has 0 aliphatic rings. The maximum atomic E-state index is 5.93. The molecule has 0 radical (unpaired) electrons. The van der Waals surface area contributed by atoms with E-state index in [4.69, 9.17) is 10.5 Å². The van der Waals surface area contributed by atoms with E-state index in [1.807, 2.05) is 12.1 Å². The van der Waals surface area contributed by atoms with Crippen LogP contribution in [0.15, 0.2) is 18.2 Å². The fourth-order valence-corrected chi connectivity index (χ4v) is 3.19. The third-order valence-electron chi connectivity index (χ3n) is 1.85. The molecular weight excluding hydrogens is 297 g/mol. The zero-order valence-corrected chi connectivity index (χ0v) is 9.98. The number of thiophene rings is 1. The Hall–Kier alpha value is -0.490. The van der Waals surface area contributed by atoms with Gasteiger partial charge in [-0.3, -0.25) is 0 Å². The van der Waals surface area contributed by atoms with E-state index >= 15 is 0 Å². The summed E-state index contributed by atoms with van der Waals surface area (Å²) in [6, 6.07) is 6.13. The van der Waals surface area contributed by atoms with E-state index in [1.54, 1.807) is 18.4 Å². The van der Waals surface area contributed by atoms with Crippen molar-refractivity contribution in [3.05, 3.63) is 21.8 Å². The third-order valence-corrected chi connectivity index (χ3v) is 3.88. The number of nitrogens with two attached hydrogens (primary N) is 1. The SMILES string of the molecule is COc1sc2cccc(I)c2c1N. The van der Waals surface area contributed by atoms with Crippen molar-refractivity contribution in [1.82, 2.24) is 0 Å². The quantitative estimate of drug-likeness (QED) is 0.822. The Labute approximate surface area is 93.8 Å². The molecule has 0 aliphatic heterocycles. The molecular formula is C9H8INOS. The number of rotatable bonds is 1. The number of fused-ring (bicyclic) bond motifs is 1. The lowest BCUT2D eigenvalue weighted by atomic mass is 10.2. The Kier molecular flexibility index (Phi) is 2.33. The summed E-state index contributed by atoms with van der Waals surface area (Å²) in [5, 5.41) is 1.92. The van der Waals surface area contributed by atoms with Gasteiger partial charge in [-0.1, -0.05) is 17.4 Å². The van der Waals surface area contributed by atoms with E-state index in [1.165, 1.54) is 8.27 Å². The zero-order valence-electron chi connectivity index (χ0n) is 7.00. The first-order chi connectivity index (χ1) is 6.24. The minimum absolute atomic E-state index is 0.757. The molecule has 2 aromatic rings. The lowest BCUT2D eigenvalue weighted by Crippen LogP contribution is -1.87. The summed E-state index contributed by atoms with van der Waals surface area (Å²) in [5.41, 5.74) is 6.69. The number of hydrogen-bond acceptors (Lipinski definition) is 3. The maximum Gasteiger partial charge on any atom is 0.198 e. The molecule has 0 bridgehead atoms. The van der Waals surface area contributed by atoms with E-state index < -0.39 is 0 Å². The Morgan fingerprint density at radius 1 is 1.46 bits per heavy atom. The first-order valence-corrected chi connectivity index (χ1v) is 5.64. The van der Waals surface area contributed by atoms with Crippen LogP contribution in [0.25, 0.3) is 10.1 Å². The van der Waals surface area contributed by atoms with Gasteiger partial charge in [0.25, 0.3) is 0 Å². The van der Waals surface area contributed by atoms with Crippen molar-refractivity contribution >= 4 is 49.7 Å². The van der Waals surface area contributed by atoms with Crippen molar-refractivity contribution in [3.8, 4) is 5.06 Å². The largest absolute Gasteiger partial charge is 0.486 e. The van der Waals surface area contributed by atoms with E-state index in [0.717, 1.165) is 16.1 Å². The molecule has 2 N–H and O–H groups in total. The Morgan fingerprint density at radius 2 is 2.23 bits per heavy atom. The standard InChI is InChI=1S/C9H8INOS/c1-12-9-8(11)7-5(10)3-2-4-6(7)13-9/h2-4H,11H2,1H3. The van der Waals surface area contributed by atoms with Gasteiger partial charge in [0.05, 0.1) is 12.8 Å². The van der Waals surface area contributed by atoms with E-state index in [-0.39, 0.29) is 0 Å². The molecule has 0 spiro atoms. The topological polar surface area (TPSA) is 35.2 Å². The van der Waals surface area contributed by atoms with E-state index in [0.29, 0.717) is 0 Å². The van der Waals surface area contributed by atoms with E-state index in [2.05, 4.69) is 28.7 Å². The molecule has 0 unspecified atom stereocenters. The molecule has 13 heavy (non-hydrogen) atoms. The second-order valence-corrected chi connectivity index (χ2v) is 4.80. The number of benzene rings is 1. The molecule has 0 saturated heterocycles. The average Bonchev–Trinajstić information content (AvgIpc) is 2.44. The Balaban J connectivity index is 2.85. The smallest absolute Gasteiger partial charge is 0.198 e. The highest BCUT2D eigenvalue weighted by Crippen LogP contribution is 2.41. The summed E-state index contributed by atoms with van der Waals surface area (Å²) in [5.74, 6) is 0. The van der Waals surface area contributed by atoms with Gasteiger partial charge in [0, 0.05) is 13.7 Å². The zero-order chi connectivity index (χ0) is 9.42. The number of methoxy groups -OCH3 is 1. The fraction of sp³-hybridized carbons (Fsp3) is 0.111. The summed E-state index contributed by atoms with van der Waals surface area (Å²) in [4.78, 5) is 0. The lowest BCUT2D eigenvalue weighted by Gasteiger charge is -1.96. The lowest BCUT2D eigenvalue weighted by molar-refractivity contribution is 0.429. The van der Waals surface area contributed by atoms with Gasteiger partial charge in [0.2, 0.25) is 0 Å². The van der Waals surface area contributed by atoms with Crippen molar-refractivity contribution in [1.29, 1.82) is 0 Å². The van der Waals surface area contributed by atoms with Crippen LogP contribution in [0.4, 0.5) is 5.69 Å². The van der Waals surface area contributed by atoms with Gasteiger partial charge in [0.1, 0.15) is 0 Å². The van der Waals surface area contributed by atoms with Gasteiger partial charge in [-0.05, 0) is 34.7 Å². The summed E-state index contributed by atoms with van der Waals surface area (Å²) >= 11 is 3.87. The fourth-order valence-electron chi connectivity index (χ4n) is 1.26. The number of halogens is 1. The van der Waals surface area contributed by atoms with E-state index in [9.17, 15) is 0 Å². The average molecular weight is 305 g/mol. The van der Waals surface area contributed by atoms with Gasteiger partial charge >= 0.3 is 0 Å². The van der Waals surface area contributed by atoms with Crippen LogP contribution in [0, 0.1) is 3.57 Å². The van der Waals surface area contributed by atoms with Gasteiger partial charge in [-0.25, -0.2) is 0 Å². The number of nitrogen functional groups attached to an aromatic ring is 1. The molecule has 0 saturated carbocycles. The van der Waals surface area contributed by atoms with Crippen LogP contribution in [0.3, 0.4) is 0 Å². The maximum absolute atomic E-state index is 5.93. The van der Waals surface area contributed by atoms with Crippen molar-refractivity contribution < 1.29 is 4.74 Å². The molecule has 1 heterocycles. The minimum atomic E-state index is 0.757. The third kappa shape index (κ3) is 1.38. The molecule has 1 aromatic carbocycles. The molecule has 1 aromatic heterocycles. The summed E-state index contributed by atoms with van der Waals surface area (Å²) in [6.45, 7) is 0. The number of hydrogen-bond donors (Lipinski definition) is 1. The molecule has 0 aliphatic carbocycles. The minimum Gasteiger partial charge on any atom is -0.486 e. The molecule has 0 atom stereocenters. The molecule has 0 amide bonds. The monoisotopic (exact) mass is 305 g/mol. The van der Waals surface area contributed by atoms with Crippen LogP contribution < -0.4 is 10.5 Å². The Morgan fingerprint density at radius 3 is 2.85 bits per heavy atom. The van der Waals surface area contributed by atoms with Crippen LogP contribution in [0.1, 0.15) is 0 Å². The molecule has 2 nitrogen and oxygen atoms in total. The number of anilines is 1. The molecule has 4 heteroatoms. The molecule has 0 fully saturated rings. The van der Waals surface area contributed by atoms with Gasteiger partial charge in [0.15, 0.2) is 5.06 Å². The highest BCUT2D eigenvalue weighted by molar-refractivity contribution is 14.1. The first-order valence-electron chi connectivity index (χ1n) is 3.74. The normalized spacial score (nSPS) is 10.6. The summed E-state index contributed by atoms with van der Waals surface area (Å²) in [7, 11) is 1.65. The van der Waals surface area contributed by atoms with Gasteiger partial charge < -0.3 is 10.5 Å². The van der Waals surface area contributed by atoms with Crippen molar-refractivity contribution in [2.24, 2.45) is 0 Å². The predicted octanol–water partition coefficient (Wildman–Crippen LogP) is 3.10. The Bertz CT molecular complexity index is 452. The first kappa shape index (κ1) is 9.08. The summed E-state index contributed by atoms with van der Waals surface area (Å²) < 4.78 is 7.53. The van der Waals surface area contributed by atoms with Crippen molar-refractivity contribution in [2.45, 2.75) is 0 Å². The van der Waals surface area contributed by atoms with Crippen molar-refractivity contribution in [2.75, 3.05) is 12.8 Å². The van der Waals surface area contributed by atoms with Gasteiger partial charge in [-0.15, -0.1) is 0 Å². The molecule has 68 valence electrons. The number of ether oxygens (including phenoxy) is 1. The van der Waals surface area contributed by atoms with Crippen molar-refractivity contribution in [3.63, 3.8) is 0 Å². The highest BCUT2D eigenvalue weighted by atomic mass is 127. The summed E-state index contributed by atoms with van der Waals surface area (Å²) in [6.07, 6.45) is 0. The van der Waals surface area contributed by atoms with Crippen LogP contribution in [0.2, 0.25) is 0 Å². The predicted molar refractivity (Wildman–Crippen MR) is 65.5 cm³/mol. The second kappa shape index (κ2) is 3.34. The highest BCUT2D eigenvalue weighted by Gasteiger charge is 2.11. The molecule has 2 rings (SSSR count).